The van der Waals surface area contributed by atoms with Gasteiger partial charge in [0, 0.05) is 19.3 Å². The summed E-state index contributed by atoms with van der Waals surface area (Å²) in [5, 5.41) is 8.89. The topological polar surface area (TPSA) is 65.0 Å². The van der Waals surface area contributed by atoms with Crippen molar-refractivity contribution in [2.75, 3.05) is 13.9 Å². The Labute approximate surface area is 135 Å². The molecule has 0 heterocycles. The van der Waals surface area contributed by atoms with Gasteiger partial charge < -0.3 is 19.0 Å². The predicted octanol–water partition coefficient (Wildman–Crippen LogP) is 3.81. The van der Waals surface area contributed by atoms with E-state index in [2.05, 4.69) is 40.8 Å². The fourth-order valence-corrected chi connectivity index (χ4v) is 3.20. The number of carboxylic acid groups (broad SMARTS) is 1. The van der Waals surface area contributed by atoms with Gasteiger partial charge in [0.1, 0.15) is 6.79 Å². The minimum atomic E-state index is -1.78. The zero-order valence-electron chi connectivity index (χ0n) is 15.0. The molecule has 0 radical (unpaired) electrons. The molecule has 0 rings (SSSR count). The predicted molar refractivity (Wildman–Crippen MR) is 90.5 cm³/mol. The Hall–Kier alpha value is -0.693. The Balaban J connectivity index is 4.48. The van der Waals surface area contributed by atoms with Gasteiger partial charge in [-0.2, -0.15) is 0 Å². The molecule has 0 aromatic rings. The van der Waals surface area contributed by atoms with Gasteiger partial charge in [-0.3, -0.25) is 0 Å². The van der Waals surface area contributed by atoms with Crippen LogP contribution >= 0.6 is 0 Å². The molecule has 0 spiro atoms. The van der Waals surface area contributed by atoms with E-state index in [1.165, 1.54) is 0 Å². The van der Waals surface area contributed by atoms with Gasteiger partial charge in [0.25, 0.3) is 0 Å². The molecule has 5 nitrogen and oxygen atoms in total. The number of methoxy groups -OCH3 is 1. The molecule has 1 N–H and O–H groups in total. The Morgan fingerprint density at radius 3 is 2.32 bits per heavy atom. The SMILES string of the molecule is COCO[C@@H](C=CC(=O)O)CC[C@@H](C)O[Si](C)(C)C(C)(C)C. The second-order valence-corrected chi connectivity index (χ2v) is 11.8. The Morgan fingerprint density at radius 1 is 1.27 bits per heavy atom. The summed E-state index contributed by atoms with van der Waals surface area (Å²) < 4.78 is 16.7. The third kappa shape index (κ3) is 8.68. The van der Waals surface area contributed by atoms with E-state index < -0.39 is 14.3 Å². The summed E-state index contributed by atoms with van der Waals surface area (Å²) in [4.78, 5) is 10.6. The van der Waals surface area contributed by atoms with E-state index in [9.17, 15) is 4.79 Å². The van der Waals surface area contributed by atoms with Crippen molar-refractivity contribution in [2.24, 2.45) is 0 Å². The first-order valence-electron chi connectivity index (χ1n) is 7.69. The van der Waals surface area contributed by atoms with Crippen molar-refractivity contribution < 1.29 is 23.8 Å². The van der Waals surface area contributed by atoms with Crippen LogP contribution in [0.2, 0.25) is 18.1 Å². The van der Waals surface area contributed by atoms with Gasteiger partial charge >= 0.3 is 5.97 Å². The lowest BCUT2D eigenvalue weighted by atomic mass is 10.1. The number of rotatable bonds is 10. The van der Waals surface area contributed by atoms with Crippen molar-refractivity contribution in [3.63, 3.8) is 0 Å². The molecule has 0 aromatic carbocycles. The molecule has 22 heavy (non-hydrogen) atoms. The van der Waals surface area contributed by atoms with Crippen molar-refractivity contribution >= 4 is 14.3 Å². The van der Waals surface area contributed by atoms with Crippen molar-refractivity contribution in [2.45, 2.75) is 70.9 Å². The minimum Gasteiger partial charge on any atom is -0.478 e. The van der Waals surface area contributed by atoms with Crippen molar-refractivity contribution in [1.82, 2.24) is 0 Å². The molecule has 6 heteroatoms. The molecule has 0 aromatic heterocycles. The molecule has 0 fully saturated rings. The van der Waals surface area contributed by atoms with Crippen LogP contribution in [0.25, 0.3) is 0 Å². The molecule has 0 saturated carbocycles. The zero-order chi connectivity index (χ0) is 17.4. The summed E-state index contributed by atoms with van der Waals surface area (Å²) in [5.74, 6) is -0.975. The van der Waals surface area contributed by atoms with Crippen molar-refractivity contribution in [1.29, 1.82) is 0 Å². The van der Waals surface area contributed by atoms with Gasteiger partial charge in [-0.1, -0.05) is 20.8 Å². The summed E-state index contributed by atoms with van der Waals surface area (Å²) in [6.45, 7) is 13.3. The first kappa shape index (κ1) is 21.3. The molecule has 2 atom stereocenters. The van der Waals surface area contributed by atoms with E-state index in [4.69, 9.17) is 19.0 Å². The highest BCUT2D eigenvalue weighted by Crippen LogP contribution is 2.37. The van der Waals surface area contributed by atoms with Crippen LogP contribution in [-0.4, -0.2) is 45.5 Å². The fourth-order valence-electron chi connectivity index (χ4n) is 1.72. The zero-order valence-corrected chi connectivity index (χ0v) is 16.0. The van der Waals surface area contributed by atoms with Crippen molar-refractivity contribution in [3.05, 3.63) is 12.2 Å². The third-order valence-corrected chi connectivity index (χ3v) is 8.62. The molecule has 0 saturated heterocycles. The maximum Gasteiger partial charge on any atom is 0.328 e. The highest BCUT2D eigenvalue weighted by Gasteiger charge is 2.38. The number of hydrogen-bond acceptors (Lipinski definition) is 4. The molecular formula is C16H32O5Si. The normalized spacial score (nSPS) is 16.0. The Morgan fingerprint density at radius 2 is 1.86 bits per heavy atom. The number of aliphatic carboxylic acids is 1. The highest BCUT2D eigenvalue weighted by molar-refractivity contribution is 6.74. The number of carboxylic acids is 1. The van der Waals surface area contributed by atoms with E-state index in [1.54, 1.807) is 13.2 Å². The molecule has 0 amide bonds. The number of carbonyl (C=O) groups is 1. The monoisotopic (exact) mass is 332 g/mol. The lowest BCUT2D eigenvalue weighted by Gasteiger charge is -2.38. The summed E-state index contributed by atoms with van der Waals surface area (Å²) in [5.41, 5.74) is 0. The summed E-state index contributed by atoms with van der Waals surface area (Å²) in [6.07, 6.45) is 4.02. The first-order valence-corrected chi connectivity index (χ1v) is 10.6. The summed E-state index contributed by atoms with van der Waals surface area (Å²) >= 11 is 0. The smallest absolute Gasteiger partial charge is 0.328 e. The molecule has 0 aliphatic heterocycles. The van der Waals surface area contributed by atoms with Gasteiger partial charge in [0.2, 0.25) is 0 Å². The lowest BCUT2D eigenvalue weighted by Crippen LogP contribution is -2.43. The first-order chi connectivity index (χ1) is 9.99. The van der Waals surface area contributed by atoms with Crippen LogP contribution in [0.15, 0.2) is 12.2 Å². The van der Waals surface area contributed by atoms with E-state index in [0.717, 1.165) is 12.5 Å². The Bertz CT molecular complexity index is 360. The van der Waals surface area contributed by atoms with E-state index in [1.807, 2.05) is 0 Å². The Kier molecular flexibility index (Phi) is 9.15. The number of hydrogen-bond donors (Lipinski definition) is 1. The van der Waals surface area contributed by atoms with E-state index >= 15 is 0 Å². The minimum absolute atomic E-state index is 0.118. The molecule has 0 aliphatic carbocycles. The molecule has 0 unspecified atom stereocenters. The standard InChI is InChI=1S/C16H32O5Si/c1-13(21-22(6,7)16(2,3)4)8-9-14(20-12-19-5)10-11-15(17)18/h10-11,13-14H,8-9,12H2,1-7H3,(H,17,18)/t13-,14-/m1/s1. The molecule has 130 valence electrons. The van der Waals surface area contributed by atoms with Crippen LogP contribution in [0.5, 0.6) is 0 Å². The highest BCUT2D eigenvalue weighted by atomic mass is 28.4. The average Bonchev–Trinajstić information content (AvgIpc) is 2.35. The number of ether oxygens (including phenoxy) is 2. The molecule has 0 aliphatic rings. The fraction of sp³-hybridized carbons (Fsp3) is 0.812. The van der Waals surface area contributed by atoms with Gasteiger partial charge in [0.05, 0.1) is 6.10 Å². The average molecular weight is 333 g/mol. The lowest BCUT2D eigenvalue weighted by molar-refractivity contribution is -0.131. The maximum absolute atomic E-state index is 10.6. The summed E-state index contributed by atoms with van der Waals surface area (Å²) in [7, 11) is -0.237. The van der Waals surface area contributed by atoms with Gasteiger partial charge in [-0.25, -0.2) is 4.79 Å². The second-order valence-electron chi connectivity index (χ2n) is 7.08. The van der Waals surface area contributed by atoms with Crippen LogP contribution in [-0.2, 0) is 18.7 Å². The van der Waals surface area contributed by atoms with Crippen LogP contribution in [0.1, 0.15) is 40.5 Å². The second kappa shape index (κ2) is 9.45. The van der Waals surface area contributed by atoms with Crippen LogP contribution < -0.4 is 0 Å². The largest absolute Gasteiger partial charge is 0.478 e. The third-order valence-electron chi connectivity index (χ3n) is 4.01. The van der Waals surface area contributed by atoms with Crippen LogP contribution in [0.3, 0.4) is 0 Å². The summed E-state index contributed by atoms with van der Waals surface area (Å²) in [6, 6.07) is 0. The van der Waals surface area contributed by atoms with Gasteiger partial charge in [-0.15, -0.1) is 0 Å². The van der Waals surface area contributed by atoms with E-state index in [-0.39, 0.29) is 24.0 Å². The van der Waals surface area contributed by atoms with Gasteiger partial charge in [-0.05, 0) is 44.0 Å². The van der Waals surface area contributed by atoms with Crippen LogP contribution in [0.4, 0.5) is 0 Å². The van der Waals surface area contributed by atoms with Crippen molar-refractivity contribution in [3.8, 4) is 0 Å². The van der Waals surface area contributed by atoms with Crippen LogP contribution in [0, 0.1) is 0 Å². The molecular weight excluding hydrogens is 300 g/mol. The quantitative estimate of drug-likeness (QED) is 0.374. The molecule has 0 bridgehead atoms. The van der Waals surface area contributed by atoms with E-state index in [0.29, 0.717) is 6.42 Å². The maximum atomic E-state index is 10.6. The van der Waals surface area contributed by atoms with Gasteiger partial charge in [0.15, 0.2) is 8.32 Å².